The Morgan fingerprint density at radius 1 is 1.00 bits per heavy atom. The van der Waals surface area contributed by atoms with E-state index in [0.29, 0.717) is 12.2 Å². The number of hydrogen-bond acceptors (Lipinski definition) is 3. The average molecular weight is 286 g/mol. The predicted octanol–water partition coefficient (Wildman–Crippen LogP) is 3.87. The van der Waals surface area contributed by atoms with Gasteiger partial charge in [-0.25, -0.2) is 0 Å². The van der Waals surface area contributed by atoms with E-state index < -0.39 is 0 Å². The Morgan fingerprint density at radius 2 is 1.67 bits per heavy atom. The minimum absolute atomic E-state index is 0.246. The molecule has 0 atom stereocenters. The summed E-state index contributed by atoms with van der Waals surface area (Å²) in [6, 6.07) is 9.81. The van der Waals surface area contributed by atoms with Crippen LogP contribution in [0.15, 0.2) is 30.3 Å². The van der Waals surface area contributed by atoms with E-state index in [-0.39, 0.29) is 5.75 Å². The van der Waals surface area contributed by atoms with E-state index in [9.17, 15) is 5.11 Å². The van der Waals surface area contributed by atoms with Crippen molar-refractivity contribution in [2.24, 2.45) is 0 Å². The van der Waals surface area contributed by atoms with Crippen LogP contribution in [-0.4, -0.2) is 19.3 Å². The largest absolute Gasteiger partial charge is 0.504 e. The zero-order valence-electron chi connectivity index (χ0n) is 13.1. The average Bonchev–Trinajstić information content (AvgIpc) is 2.51. The summed E-state index contributed by atoms with van der Waals surface area (Å²) in [4.78, 5) is 0. The Hall–Kier alpha value is -2.16. The fraction of sp³-hybridized carbons (Fsp3) is 0.333. The van der Waals surface area contributed by atoms with Gasteiger partial charge in [-0.15, -0.1) is 0 Å². The Morgan fingerprint density at radius 3 is 2.19 bits per heavy atom. The first-order valence-corrected chi connectivity index (χ1v) is 7.11. The lowest BCUT2D eigenvalue weighted by Gasteiger charge is -2.16. The maximum Gasteiger partial charge on any atom is 0.161 e. The maximum absolute atomic E-state index is 10.4. The molecule has 0 unspecified atom stereocenters. The first-order valence-electron chi connectivity index (χ1n) is 7.11. The van der Waals surface area contributed by atoms with Gasteiger partial charge in [-0.3, -0.25) is 0 Å². The predicted molar refractivity (Wildman–Crippen MR) is 84.6 cm³/mol. The molecule has 0 radical (unpaired) electrons. The van der Waals surface area contributed by atoms with E-state index in [1.807, 2.05) is 30.3 Å². The van der Waals surface area contributed by atoms with Gasteiger partial charge in [0.1, 0.15) is 5.75 Å². The van der Waals surface area contributed by atoms with Gasteiger partial charge in [0.05, 0.1) is 14.2 Å². The van der Waals surface area contributed by atoms with E-state index >= 15 is 0 Å². The first kappa shape index (κ1) is 15.2. The lowest BCUT2D eigenvalue weighted by molar-refractivity contribution is 0.370. The fourth-order valence-corrected chi connectivity index (χ4v) is 2.67. The summed E-state index contributed by atoms with van der Waals surface area (Å²) < 4.78 is 10.4. The third kappa shape index (κ3) is 3.13. The van der Waals surface area contributed by atoms with Crippen molar-refractivity contribution in [1.82, 2.24) is 0 Å². The van der Waals surface area contributed by atoms with E-state index in [2.05, 4.69) is 13.8 Å². The van der Waals surface area contributed by atoms with Gasteiger partial charge < -0.3 is 14.6 Å². The lowest BCUT2D eigenvalue weighted by Crippen LogP contribution is -2.00. The van der Waals surface area contributed by atoms with Crippen LogP contribution in [0, 0.1) is 6.92 Å². The summed E-state index contributed by atoms with van der Waals surface area (Å²) in [5, 5.41) is 10.4. The molecule has 0 aliphatic carbocycles. The van der Waals surface area contributed by atoms with E-state index in [1.165, 1.54) is 5.56 Å². The maximum atomic E-state index is 10.4. The molecule has 0 aromatic heterocycles. The molecule has 0 aliphatic heterocycles. The van der Waals surface area contributed by atoms with Crippen LogP contribution in [0.25, 0.3) is 0 Å². The number of ether oxygens (including phenoxy) is 2. The van der Waals surface area contributed by atoms with Crippen molar-refractivity contribution in [1.29, 1.82) is 0 Å². The zero-order valence-corrected chi connectivity index (χ0v) is 13.1. The molecule has 2 rings (SSSR count). The van der Waals surface area contributed by atoms with Gasteiger partial charge in [0.2, 0.25) is 0 Å². The molecular weight excluding hydrogens is 264 g/mol. The highest BCUT2D eigenvalue weighted by Crippen LogP contribution is 2.36. The SMILES string of the molecule is CCc1c(C)cc(OC)c(O)c1Cc1ccc(OC)cc1. The summed E-state index contributed by atoms with van der Waals surface area (Å²) in [6.07, 6.45) is 1.56. The molecule has 0 bridgehead atoms. The van der Waals surface area contributed by atoms with Crippen molar-refractivity contribution in [3.05, 3.63) is 52.6 Å². The van der Waals surface area contributed by atoms with Gasteiger partial charge >= 0.3 is 0 Å². The third-order valence-electron chi connectivity index (χ3n) is 3.82. The Kier molecular flexibility index (Phi) is 4.73. The molecule has 0 fully saturated rings. The number of phenolic OH excluding ortho intramolecular Hbond substituents is 1. The summed E-state index contributed by atoms with van der Waals surface area (Å²) in [6.45, 7) is 4.16. The second kappa shape index (κ2) is 6.53. The number of rotatable bonds is 5. The Labute approximate surface area is 126 Å². The minimum atomic E-state index is 0.246. The fourth-order valence-electron chi connectivity index (χ4n) is 2.67. The van der Waals surface area contributed by atoms with Gasteiger partial charge in [-0.2, -0.15) is 0 Å². The molecule has 0 heterocycles. The van der Waals surface area contributed by atoms with Crippen LogP contribution in [0.5, 0.6) is 17.2 Å². The number of hydrogen-bond donors (Lipinski definition) is 1. The Bertz CT molecular complexity index is 615. The van der Waals surface area contributed by atoms with Crippen LogP contribution in [0.1, 0.15) is 29.2 Å². The smallest absolute Gasteiger partial charge is 0.161 e. The number of methoxy groups -OCH3 is 2. The second-order valence-corrected chi connectivity index (χ2v) is 5.08. The zero-order chi connectivity index (χ0) is 15.4. The van der Waals surface area contributed by atoms with Crippen molar-refractivity contribution in [2.45, 2.75) is 26.7 Å². The van der Waals surface area contributed by atoms with Crippen LogP contribution in [0.3, 0.4) is 0 Å². The molecule has 0 amide bonds. The van der Waals surface area contributed by atoms with Gasteiger partial charge in [0, 0.05) is 12.0 Å². The third-order valence-corrected chi connectivity index (χ3v) is 3.82. The molecule has 0 saturated carbocycles. The molecule has 21 heavy (non-hydrogen) atoms. The number of benzene rings is 2. The first-order chi connectivity index (χ1) is 10.1. The van der Waals surface area contributed by atoms with Gasteiger partial charge in [0.25, 0.3) is 0 Å². The van der Waals surface area contributed by atoms with E-state index in [4.69, 9.17) is 9.47 Å². The van der Waals surface area contributed by atoms with Crippen LogP contribution in [-0.2, 0) is 12.8 Å². The molecule has 3 nitrogen and oxygen atoms in total. The quantitative estimate of drug-likeness (QED) is 0.906. The van der Waals surface area contributed by atoms with Crippen LogP contribution in [0.4, 0.5) is 0 Å². The van der Waals surface area contributed by atoms with Gasteiger partial charge in [-0.05, 0) is 48.2 Å². The van der Waals surface area contributed by atoms with E-state index in [0.717, 1.165) is 28.9 Å². The highest BCUT2D eigenvalue weighted by molar-refractivity contribution is 5.55. The Balaban J connectivity index is 2.43. The normalized spacial score (nSPS) is 10.5. The summed E-state index contributed by atoms with van der Waals surface area (Å²) in [7, 11) is 3.23. The molecule has 1 N–H and O–H groups in total. The molecule has 112 valence electrons. The van der Waals surface area contributed by atoms with Crippen molar-refractivity contribution in [3.63, 3.8) is 0 Å². The molecule has 0 saturated heterocycles. The summed E-state index contributed by atoms with van der Waals surface area (Å²) in [5.41, 5.74) is 4.41. The minimum Gasteiger partial charge on any atom is -0.504 e. The molecule has 0 spiro atoms. The highest BCUT2D eigenvalue weighted by atomic mass is 16.5. The van der Waals surface area contributed by atoms with Crippen molar-refractivity contribution in [3.8, 4) is 17.2 Å². The number of aryl methyl sites for hydroxylation is 1. The summed E-state index contributed by atoms with van der Waals surface area (Å²) in [5.74, 6) is 1.62. The topological polar surface area (TPSA) is 38.7 Å². The van der Waals surface area contributed by atoms with Gasteiger partial charge in [0.15, 0.2) is 11.5 Å². The van der Waals surface area contributed by atoms with Crippen molar-refractivity contribution < 1.29 is 14.6 Å². The molecular formula is C18H22O3. The van der Waals surface area contributed by atoms with Crippen molar-refractivity contribution >= 4 is 0 Å². The van der Waals surface area contributed by atoms with Crippen molar-refractivity contribution in [2.75, 3.05) is 14.2 Å². The number of aromatic hydroxyl groups is 1. The van der Waals surface area contributed by atoms with Crippen LogP contribution in [0.2, 0.25) is 0 Å². The van der Waals surface area contributed by atoms with Gasteiger partial charge in [-0.1, -0.05) is 19.1 Å². The van der Waals surface area contributed by atoms with Crippen LogP contribution < -0.4 is 9.47 Å². The number of phenols is 1. The molecule has 0 aliphatic rings. The lowest BCUT2D eigenvalue weighted by atomic mass is 9.93. The monoisotopic (exact) mass is 286 g/mol. The molecule has 3 heteroatoms. The highest BCUT2D eigenvalue weighted by Gasteiger charge is 2.15. The summed E-state index contributed by atoms with van der Waals surface area (Å²) >= 11 is 0. The second-order valence-electron chi connectivity index (χ2n) is 5.08. The standard InChI is InChI=1S/C18H22O3/c1-5-15-12(2)10-17(21-4)18(19)16(15)11-13-6-8-14(20-3)9-7-13/h6-10,19H,5,11H2,1-4H3. The molecule has 2 aromatic rings. The van der Waals surface area contributed by atoms with E-state index in [1.54, 1.807) is 14.2 Å². The van der Waals surface area contributed by atoms with Crippen LogP contribution >= 0.6 is 0 Å². The molecule has 2 aromatic carbocycles.